The largest absolute Gasteiger partial charge is 0.293 e. The van der Waals surface area contributed by atoms with Gasteiger partial charge in [0.15, 0.2) is 15.6 Å². The lowest BCUT2D eigenvalue weighted by Crippen LogP contribution is -2.20. The number of sulfone groups is 1. The highest BCUT2D eigenvalue weighted by Crippen LogP contribution is 2.23. The number of Topliss-reactive ketones (excluding diaryl/α,β-unsaturated/α-hetero) is 1. The number of carbonyl (C=O) groups excluding carboxylic acids is 1. The second-order valence-electron chi connectivity index (χ2n) is 3.80. The molecule has 0 fully saturated rings. The summed E-state index contributed by atoms with van der Waals surface area (Å²) in [6, 6.07) is 0. The Morgan fingerprint density at radius 2 is 2.13 bits per heavy atom. The fourth-order valence-corrected chi connectivity index (χ4v) is 3.29. The maximum atomic E-state index is 11.4. The summed E-state index contributed by atoms with van der Waals surface area (Å²) in [6.45, 7) is 1.41. The molecule has 2 rings (SSSR count). The molecule has 0 bridgehead atoms. The molecule has 6 heteroatoms. The minimum absolute atomic E-state index is 0.0505. The number of rotatable bonds is 1. The van der Waals surface area contributed by atoms with E-state index in [1.165, 1.54) is 6.92 Å². The van der Waals surface area contributed by atoms with Crippen molar-refractivity contribution >= 4 is 15.6 Å². The number of carbonyl (C=O) groups is 1. The van der Waals surface area contributed by atoms with E-state index in [1.807, 2.05) is 0 Å². The van der Waals surface area contributed by atoms with Crippen molar-refractivity contribution in [2.75, 3.05) is 5.75 Å². The second-order valence-corrected chi connectivity index (χ2v) is 5.98. The zero-order valence-electron chi connectivity index (χ0n) is 8.65. The molecule has 0 atom stereocenters. The second kappa shape index (κ2) is 3.16. The number of aromatic nitrogens is 2. The van der Waals surface area contributed by atoms with Crippen LogP contribution in [0.25, 0.3) is 0 Å². The molecular formula is C9H12N2O3S. The first-order valence-electron chi connectivity index (χ1n) is 4.67. The van der Waals surface area contributed by atoms with E-state index < -0.39 is 9.84 Å². The van der Waals surface area contributed by atoms with Gasteiger partial charge in [0.25, 0.3) is 0 Å². The van der Waals surface area contributed by atoms with Crippen LogP contribution in [0.2, 0.25) is 0 Å². The van der Waals surface area contributed by atoms with Crippen LogP contribution < -0.4 is 0 Å². The third-order valence-electron chi connectivity index (χ3n) is 2.62. The Bertz CT molecular complexity index is 528. The Kier molecular flexibility index (Phi) is 2.18. The third kappa shape index (κ3) is 1.69. The molecule has 0 aliphatic carbocycles. The molecule has 0 unspecified atom stereocenters. The van der Waals surface area contributed by atoms with Crippen molar-refractivity contribution in [2.24, 2.45) is 7.05 Å². The van der Waals surface area contributed by atoms with Gasteiger partial charge in [-0.15, -0.1) is 0 Å². The van der Waals surface area contributed by atoms with Gasteiger partial charge in [-0.3, -0.25) is 9.48 Å². The van der Waals surface area contributed by atoms with Crippen molar-refractivity contribution < 1.29 is 13.2 Å². The summed E-state index contributed by atoms with van der Waals surface area (Å²) < 4.78 is 24.5. The van der Waals surface area contributed by atoms with Crippen molar-refractivity contribution in [3.05, 3.63) is 17.0 Å². The van der Waals surface area contributed by atoms with Gasteiger partial charge in [0.2, 0.25) is 0 Å². The molecule has 0 saturated heterocycles. The Morgan fingerprint density at radius 1 is 1.47 bits per heavy atom. The molecule has 82 valence electrons. The Hall–Kier alpha value is -1.17. The fraction of sp³-hybridized carbons (Fsp3) is 0.556. The lowest BCUT2D eigenvalue weighted by molar-refractivity contribution is 0.101. The van der Waals surface area contributed by atoms with Gasteiger partial charge >= 0.3 is 0 Å². The lowest BCUT2D eigenvalue weighted by Gasteiger charge is -2.13. The maximum Gasteiger partial charge on any atom is 0.180 e. The first-order chi connectivity index (χ1) is 6.91. The molecule has 1 aliphatic rings. The molecule has 0 N–H and O–H groups in total. The van der Waals surface area contributed by atoms with E-state index in [9.17, 15) is 13.2 Å². The van der Waals surface area contributed by atoms with Crippen LogP contribution in [0.4, 0.5) is 0 Å². The van der Waals surface area contributed by atoms with Gasteiger partial charge in [0.1, 0.15) is 5.69 Å². The van der Waals surface area contributed by atoms with Crippen molar-refractivity contribution in [2.45, 2.75) is 19.1 Å². The maximum absolute atomic E-state index is 11.4. The zero-order valence-corrected chi connectivity index (χ0v) is 9.47. The average Bonchev–Trinajstić information content (AvgIpc) is 2.41. The summed E-state index contributed by atoms with van der Waals surface area (Å²) >= 11 is 0. The van der Waals surface area contributed by atoms with Crippen LogP contribution in [0, 0.1) is 0 Å². The molecule has 0 amide bonds. The SMILES string of the molecule is CC(=O)c1nn(C)c2c1CS(=O)(=O)CC2. The molecule has 2 heterocycles. The molecule has 1 aromatic rings. The molecule has 15 heavy (non-hydrogen) atoms. The highest BCUT2D eigenvalue weighted by atomic mass is 32.2. The molecule has 0 aromatic carbocycles. The van der Waals surface area contributed by atoms with Crippen molar-refractivity contribution in [1.29, 1.82) is 0 Å². The topological polar surface area (TPSA) is 69.0 Å². The molecule has 0 radical (unpaired) electrons. The summed E-state index contributed by atoms with van der Waals surface area (Å²) in [5.41, 5.74) is 1.77. The number of ketones is 1. The highest BCUT2D eigenvalue weighted by Gasteiger charge is 2.28. The van der Waals surface area contributed by atoms with E-state index in [0.29, 0.717) is 17.7 Å². The zero-order chi connectivity index (χ0) is 11.2. The van der Waals surface area contributed by atoms with Gasteiger partial charge in [-0.2, -0.15) is 5.10 Å². The van der Waals surface area contributed by atoms with Crippen molar-refractivity contribution in [1.82, 2.24) is 9.78 Å². The predicted octanol–water partition coefficient (Wildman–Crippen LogP) is 0.0936. The standard InChI is InChI=1S/C9H12N2O3S/c1-6(12)9-7-5-15(13,14)4-3-8(7)11(2)10-9/h3-5H2,1-2H3. The van der Waals surface area contributed by atoms with E-state index in [4.69, 9.17) is 0 Å². The number of hydrogen-bond donors (Lipinski definition) is 0. The number of aryl methyl sites for hydroxylation is 1. The predicted molar refractivity (Wildman–Crippen MR) is 54.4 cm³/mol. The smallest absolute Gasteiger partial charge is 0.180 e. The molecule has 1 aliphatic heterocycles. The first-order valence-corrected chi connectivity index (χ1v) is 6.49. The monoisotopic (exact) mass is 228 g/mol. The van der Waals surface area contributed by atoms with Crippen LogP contribution in [0.15, 0.2) is 0 Å². The van der Waals surface area contributed by atoms with Gasteiger partial charge in [-0.25, -0.2) is 8.42 Å². The van der Waals surface area contributed by atoms with Crippen molar-refractivity contribution in [3.8, 4) is 0 Å². The third-order valence-corrected chi connectivity index (χ3v) is 4.18. The lowest BCUT2D eigenvalue weighted by atomic mass is 10.1. The van der Waals surface area contributed by atoms with Crippen LogP contribution in [-0.4, -0.2) is 29.7 Å². The Morgan fingerprint density at radius 3 is 2.73 bits per heavy atom. The Balaban J connectivity index is 2.61. The van der Waals surface area contributed by atoms with E-state index in [-0.39, 0.29) is 17.3 Å². The summed E-state index contributed by atoms with van der Waals surface area (Å²) in [6.07, 6.45) is 0.453. The summed E-state index contributed by atoms with van der Waals surface area (Å²) in [5, 5.41) is 4.06. The minimum Gasteiger partial charge on any atom is -0.293 e. The van der Waals surface area contributed by atoms with Crippen LogP contribution in [0.1, 0.15) is 28.7 Å². The molecule has 0 saturated carbocycles. The first kappa shape index (κ1) is 10.4. The normalized spacial score (nSPS) is 18.5. The van der Waals surface area contributed by atoms with Crippen molar-refractivity contribution in [3.63, 3.8) is 0 Å². The molecule has 1 aromatic heterocycles. The highest BCUT2D eigenvalue weighted by molar-refractivity contribution is 7.90. The number of hydrogen-bond acceptors (Lipinski definition) is 4. The fourth-order valence-electron chi connectivity index (χ4n) is 1.89. The van der Waals surface area contributed by atoms with E-state index in [1.54, 1.807) is 11.7 Å². The van der Waals surface area contributed by atoms with Crippen LogP contribution in [-0.2, 0) is 29.1 Å². The number of nitrogens with zero attached hydrogens (tertiary/aromatic N) is 2. The molecular weight excluding hydrogens is 216 g/mol. The summed E-state index contributed by atoms with van der Waals surface area (Å²) in [5.74, 6) is -0.0777. The number of fused-ring (bicyclic) bond motifs is 1. The van der Waals surface area contributed by atoms with Gasteiger partial charge in [-0.05, 0) is 0 Å². The van der Waals surface area contributed by atoms with Gasteiger partial charge in [-0.1, -0.05) is 0 Å². The Labute approximate surface area is 88.0 Å². The van der Waals surface area contributed by atoms with Gasteiger partial charge in [0.05, 0.1) is 11.5 Å². The van der Waals surface area contributed by atoms with Crippen LogP contribution in [0.5, 0.6) is 0 Å². The molecule has 5 nitrogen and oxygen atoms in total. The minimum atomic E-state index is -3.04. The molecule has 0 spiro atoms. The van der Waals surface area contributed by atoms with Crippen LogP contribution in [0.3, 0.4) is 0 Å². The van der Waals surface area contributed by atoms with Gasteiger partial charge in [0, 0.05) is 31.6 Å². The quantitative estimate of drug-likeness (QED) is 0.639. The van der Waals surface area contributed by atoms with E-state index in [0.717, 1.165) is 5.69 Å². The van der Waals surface area contributed by atoms with E-state index in [2.05, 4.69) is 5.10 Å². The van der Waals surface area contributed by atoms with Gasteiger partial charge < -0.3 is 0 Å². The summed E-state index contributed by atoms with van der Waals surface area (Å²) in [7, 11) is -1.31. The van der Waals surface area contributed by atoms with E-state index >= 15 is 0 Å². The average molecular weight is 228 g/mol. The van der Waals surface area contributed by atoms with Crippen LogP contribution >= 0.6 is 0 Å². The summed E-state index contributed by atoms with van der Waals surface area (Å²) in [4.78, 5) is 11.3.